The molecule has 23 heavy (non-hydrogen) atoms. The van der Waals surface area contributed by atoms with Crippen LogP contribution in [0.1, 0.15) is 26.2 Å². The molecule has 2 N–H and O–H groups in total. The van der Waals surface area contributed by atoms with E-state index in [0.29, 0.717) is 25.1 Å². The van der Waals surface area contributed by atoms with Gasteiger partial charge in [0.1, 0.15) is 5.75 Å². The van der Waals surface area contributed by atoms with Crippen LogP contribution in [-0.4, -0.2) is 48.8 Å². The van der Waals surface area contributed by atoms with Crippen molar-refractivity contribution in [1.29, 1.82) is 0 Å². The molecule has 2 saturated heterocycles. The number of amides is 2. The molecule has 1 aromatic carbocycles. The van der Waals surface area contributed by atoms with E-state index < -0.39 is 0 Å². The molecule has 1 unspecified atom stereocenters. The van der Waals surface area contributed by atoms with Gasteiger partial charge in [0, 0.05) is 12.8 Å². The Morgan fingerprint density at radius 3 is 2.48 bits per heavy atom. The number of aliphatic hydroxyl groups is 1. The number of benzene rings is 1. The summed E-state index contributed by atoms with van der Waals surface area (Å²) in [6, 6.07) is 6.73. The molecule has 2 amide bonds. The highest BCUT2D eigenvalue weighted by Crippen LogP contribution is 2.24. The summed E-state index contributed by atoms with van der Waals surface area (Å²) in [5.41, 5.74) is 0.599. The van der Waals surface area contributed by atoms with Gasteiger partial charge in [-0.2, -0.15) is 0 Å². The van der Waals surface area contributed by atoms with Gasteiger partial charge in [-0.25, -0.2) is 4.90 Å². The molecule has 0 spiro atoms. The summed E-state index contributed by atoms with van der Waals surface area (Å²) in [4.78, 5) is 27.4. The minimum absolute atomic E-state index is 0.134. The highest BCUT2D eigenvalue weighted by molar-refractivity contribution is 6.21. The maximum Gasteiger partial charge on any atom is 0.292 e. The van der Waals surface area contributed by atoms with Gasteiger partial charge >= 0.3 is 0 Å². The molecule has 1 aromatic rings. The van der Waals surface area contributed by atoms with E-state index in [1.807, 2.05) is 6.92 Å². The number of carbonyl (C=O) groups is 2. The van der Waals surface area contributed by atoms with Gasteiger partial charge in [0.05, 0.1) is 37.9 Å². The van der Waals surface area contributed by atoms with Gasteiger partial charge < -0.3 is 14.7 Å². The Bertz CT molecular complexity index is 579. The molecule has 2 heterocycles. The number of quaternary nitrogens is 1. The number of anilines is 1. The van der Waals surface area contributed by atoms with Gasteiger partial charge in [-0.1, -0.05) is 0 Å². The molecule has 2 aliphatic rings. The minimum Gasteiger partial charge on any atom is -0.494 e. The largest absolute Gasteiger partial charge is 0.494 e. The van der Waals surface area contributed by atoms with E-state index in [2.05, 4.69) is 0 Å². The number of rotatable bonds is 4. The van der Waals surface area contributed by atoms with Gasteiger partial charge in [0.2, 0.25) is 5.91 Å². The Balaban J connectivity index is 1.73. The average molecular weight is 319 g/mol. The first-order valence-corrected chi connectivity index (χ1v) is 8.22. The predicted octanol–water partition coefficient (Wildman–Crippen LogP) is -0.243. The summed E-state index contributed by atoms with van der Waals surface area (Å²) in [7, 11) is 0. The summed E-state index contributed by atoms with van der Waals surface area (Å²) in [5.74, 6) is 0.441. The summed E-state index contributed by atoms with van der Waals surface area (Å²) in [6.45, 7) is 3.96. The zero-order chi connectivity index (χ0) is 16.4. The van der Waals surface area contributed by atoms with Crippen molar-refractivity contribution in [2.75, 3.05) is 24.6 Å². The molecular weight excluding hydrogens is 296 g/mol. The van der Waals surface area contributed by atoms with Crippen LogP contribution in [0.3, 0.4) is 0 Å². The quantitative estimate of drug-likeness (QED) is 0.751. The summed E-state index contributed by atoms with van der Waals surface area (Å²) in [6.07, 6.45) is 1.36. The van der Waals surface area contributed by atoms with Crippen molar-refractivity contribution in [2.45, 2.75) is 38.3 Å². The fraction of sp³-hybridized carbons (Fsp3) is 0.529. The lowest BCUT2D eigenvalue weighted by Gasteiger charge is -2.29. The zero-order valence-electron chi connectivity index (χ0n) is 13.3. The average Bonchev–Trinajstić information content (AvgIpc) is 2.84. The van der Waals surface area contributed by atoms with Crippen LogP contribution in [0.15, 0.2) is 24.3 Å². The van der Waals surface area contributed by atoms with Crippen LogP contribution in [0, 0.1) is 0 Å². The van der Waals surface area contributed by atoms with E-state index in [1.165, 1.54) is 4.90 Å². The van der Waals surface area contributed by atoms with E-state index in [9.17, 15) is 14.7 Å². The third-order valence-corrected chi connectivity index (χ3v) is 4.64. The standard InChI is InChI=1S/C17H22N2O4/c1-2-23-14-5-3-12(4-6-14)19-16(21)11-15(17(19)22)18-9-7-13(20)8-10-18/h3-6,13,15,20H,2,7-11H2,1H3/p+1. The molecule has 0 bridgehead atoms. The number of imide groups is 1. The van der Waals surface area contributed by atoms with Gasteiger partial charge in [0.25, 0.3) is 5.91 Å². The minimum atomic E-state index is -0.318. The first-order chi connectivity index (χ1) is 11.1. The van der Waals surface area contributed by atoms with Gasteiger partial charge in [-0.15, -0.1) is 0 Å². The molecule has 0 aliphatic carbocycles. The van der Waals surface area contributed by atoms with Crippen LogP contribution in [0.2, 0.25) is 0 Å². The normalized spacial score (nSPS) is 28.3. The zero-order valence-corrected chi connectivity index (χ0v) is 13.3. The first kappa shape index (κ1) is 16.0. The lowest BCUT2D eigenvalue weighted by molar-refractivity contribution is -0.920. The van der Waals surface area contributed by atoms with Crippen molar-refractivity contribution < 1.29 is 24.3 Å². The molecule has 3 rings (SSSR count). The Kier molecular flexibility index (Phi) is 4.63. The Morgan fingerprint density at radius 2 is 1.87 bits per heavy atom. The molecule has 6 nitrogen and oxygen atoms in total. The maximum absolute atomic E-state index is 12.7. The highest BCUT2D eigenvalue weighted by atomic mass is 16.5. The Labute approximate surface area is 135 Å². The smallest absolute Gasteiger partial charge is 0.292 e. The van der Waals surface area contributed by atoms with Crippen LogP contribution in [0.4, 0.5) is 5.69 Å². The molecule has 1 atom stereocenters. The lowest BCUT2D eigenvalue weighted by atomic mass is 10.1. The van der Waals surface area contributed by atoms with Crippen LogP contribution < -0.4 is 14.5 Å². The van der Waals surface area contributed by atoms with Crippen LogP contribution >= 0.6 is 0 Å². The molecule has 0 radical (unpaired) electrons. The summed E-state index contributed by atoms with van der Waals surface area (Å²) in [5, 5.41) is 9.60. The predicted molar refractivity (Wildman–Crippen MR) is 84.4 cm³/mol. The van der Waals surface area contributed by atoms with E-state index in [4.69, 9.17) is 4.74 Å². The third kappa shape index (κ3) is 3.23. The Morgan fingerprint density at radius 1 is 1.22 bits per heavy atom. The molecular formula is C17H23N2O4+. The van der Waals surface area contributed by atoms with Crippen LogP contribution in [0.25, 0.3) is 0 Å². The number of nitrogens with zero attached hydrogens (tertiary/aromatic N) is 1. The molecule has 0 aromatic heterocycles. The molecule has 6 heteroatoms. The monoisotopic (exact) mass is 319 g/mol. The van der Waals surface area contributed by atoms with Crippen molar-refractivity contribution in [1.82, 2.24) is 0 Å². The lowest BCUT2D eigenvalue weighted by Crippen LogP contribution is -3.17. The van der Waals surface area contributed by atoms with Gasteiger partial charge in [0.15, 0.2) is 6.04 Å². The van der Waals surface area contributed by atoms with Crippen molar-refractivity contribution in [3.8, 4) is 5.75 Å². The van der Waals surface area contributed by atoms with Crippen molar-refractivity contribution >= 4 is 17.5 Å². The van der Waals surface area contributed by atoms with Crippen molar-refractivity contribution in [3.05, 3.63) is 24.3 Å². The number of hydrogen-bond acceptors (Lipinski definition) is 4. The molecule has 0 saturated carbocycles. The first-order valence-electron chi connectivity index (χ1n) is 8.22. The van der Waals surface area contributed by atoms with E-state index >= 15 is 0 Å². The van der Waals surface area contributed by atoms with Crippen LogP contribution in [-0.2, 0) is 9.59 Å². The number of piperidine rings is 1. The van der Waals surface area contributed by atoms with Crippen molar-refractivity contribution in [2.24, 2.45) is 0 Å². The highest BCUT2D eigenvalue weighted by Gasteiger charge is 2.46. The third-order valence-electron chi connectivity index (χ3n) is 4.64. The fourth-order valence-electron chi connectivity index (χ4n) is 3.40. The number of hydrogen-bond donors (Lipinski definition) is 2. The van der Waals surface area contributed by atoms with Gasteiger partial charge in [-0.05, 0) is 31.2 Å². The van der Waals surface area contributed by atoms with E-state index in [1.54, 1.807) is 24.3 Å². The number of likely N-dealkylation sites (tertiary alicyclic amines) is 1. The van der Waals surface area contributed by atoms with Gasteiger partial charge in [-0.3, -0.25) is 9.59 Å². The topological polar surface area (TPSA) is 71.3 Å². The van der Waals surface area contributed by atoms with E-state index in [0.717, 1.165) is 23.7 Å². The molecule has 2 fully saturated rings. The second kappa shape index (κ2) is 6.68. The maximum atomic E-state index is 12.7. The summed E-state index contributed by atoms with van der Waals surface area (Å²) < 4.78 is 5.39. The molecule has 2 aliphatic heterocycles. The number of carbonyl (C=O) groups excluding carboxylic acids is 2. The SMILES string of the molecule is CCOc1ccc(N2C(=O)CC([NH+]3CCC(O)CC3)C2=O)cc1. The Hall–Kier alpha value is -1.92. The number of aliphatic hydroxyl groups excluding tert-OH is 1. The number of nitrogens with one attached hydrogen (secondary N) is 1. The van der Waals surface area contributed by atoms with Crippen LogP contribution in [0.5, 0.6) is 5.75 Å². The van der Waals surface area contributed by atoms with E-state index in [-0.39, 0.29) is 30.4 Å². The number of ether oxygens (including phenoxy) is 1. The second-order valence-electron chi connectivity index (χ2n) is 6.14. The van der Waals surface area contributed by atoms with Crippen molar-refractivity contribution in [3.63, 3.8) is 0 Å². The molecule has 124 valence electrons. The fourth-order valence-corrected chi connectivity index (χ4v) is 3.40. The second-order valence-corrected chi connectivity index (χ2v) is 6.14. The summed E-state index contributed by atoms with van der Waals surface area (Å²) >= 11 is 0.